The van der Waals surface area contributed by atoms with Crippen LogP contribution >= 0.6 is 0 Å². The first-order valence-electron chi connectivity index (χ1n) is 10.8. The van der Waals surface area contributed by atoms with Crippen LogP contribution in [0.5, 0.6) is 0 Å². The maximum absolute atomic E-state index is 13.5. The molecule has 2 fully saturated rings. The zero-order valence-electron chi connectivity index (χ0n) is 17.3. The zero-order chi connectivity index (χ0) is 21.8. The number of hydrogen-bond acceptors (Lipinski definition) is 3. The number of amides is 1. The van der Waals surface area contributed by atoms with Gasteiger partial charge in [0, 0.05) is 23.0 Å². The molecule has 0 aromatic heterocycles. The minimum absolute atomic E-state index is 0.172. The molecule has 1 aliphatic heterocycles. The number of rotatable bonds is 3. The van der Waals surface area contributed by atoms with Gasteiger partial charge in [-0.2, -0.15) is 5.26 Å². The summed E-state index contributed by atoms with van der Waals surface area (Å²) in [4.78, 5) is 14.2. The van der Waals surface area contributed by atoms with Crippen molar-refractivity contribution in [2.24, 2.45) is 5.92 Å². The fourth-order valence-corrected chi connectivity index (χ4v) is 4.68. The number of carbonyl (C=O) groups excluding carboxylic acids is 1. The molecule has 31 heavy (non-hydrogen) atoms. The van der Waals surface area contributed by atoms with Gasteiger partial charge < -0.3 is 10.0 Å². The number of likely N-dealkylation sites (tertiary alicyclic amines) is 1. The number of hydrogen-bond donors (Lipinski definition) is 1. The number of nitriles is 1. The molecule has 1 amide bonds. The van der Waals surface area contributed by atoms with E-state index >= 15 is 0 Å². The molecule has 3 atom stereocenters. The largest absolute Gasteiger partial charge is 0.394 e. The molecule has 2 aromatic carbocycles. The third kappa shape index (κ3) is 4.33. The molecular formula is C26H25FN2O2. The van der Waals surface area contributed by atoms with Gasteiger partial charge in [0.25, 0.3) is 5.91 Å². The number of carbonyl (C=O) groups is 1. The average molecular weight is 416 g/mol. The van der Waals surface area contributed by atoms with Crippen molar-refractivity contribution in [2.45, 2.75) is 50.1 Å². The van der Waals surface area contributed by atoms with E-state index in [1.165, 1.54) is 55.2 Å². The predicted octanol–water partition coefficient (Wildman–Crippen LogP) is 4.25. The highest BCUT2D eigenvalue weighted by Crippen LogP contribution is 2.41. The molecule has 1 heterocycles. The molecular weight excluding hydrogens is 391 g/mol. The molecule has 5 heteroatoms. The van der Waals surface area contributed by atoms with E-state index in [0.717, 1.165) is 17.2 Å². The molecule has 2 aromatic rings. The van der Waals surface area contributed by atoms with E-state index in [4.69, 9.17) is 0 Å². The summed E-state index contributed by atoms with van der Waals surface area (Å²) in [6.45, 7) is -0.271. The van der Waals surface area contributed by atoms with Gasteiger partial charge in [0.2, 0.25) is 0 Å². The molecule has 0 spiro atoms. The molecule has 4 rings (SSSR count). The van der Waals surface area contributed by atoms with Gasteiger partial charge in [-0.1, -0.05) is 49.3 Å². The fraction of sp³-hybridized carbons (Fsp3) is 0.385. The summed E-state index contributed by atoms with van der Waals surface area (Å²) in [6, 6.07) is 14.0. The van der Waals surface area contributed by atoms with Crippen molar-refractivity contribution in [3.05, 3.63) is 71.0 Å². The third-order valence-corrected chi connectivity index (χ3v) is 6.36. The Bertz CT molecular complexity index is 1040. The number of halogens is 1. The van der Waals surface area contributed by atoms with Crippen LogP contribution in [0, 0.1) is 34.9 Å². The monoisotopic (exact) mass is 416 g/mol. The Morgan fingerprint density at radius 1 is 1.13 bits per heavy atom. The molecule has 0 bridgehead atoms. The quantitative estimate of drug-likeness (QED) is 0.761. The lowest BCUT2D eigenvalue weighted by Gasteiger charge is -2.51. The van der Waals surface area contributed by atoms with E-state index in [1.54, 1.807) is 0 Å². The number of benzene rings is 2. The van der Waals surface area contributed by atoms with E-state index in [2.05, 4.69) is 17.9 Å². The molecule has 2 aliphatic rings. The standard InChI is InChI=1S/C26H25FN2O2/c27-22-8-4-7-21(15-22)26(31)29-23(16-28)25(24(29)17-30)20-13-11-19(12-14-20)10-9-18-5-2-1-3-6-18/h4,7-8,11-15,18,23-25,30H,1-3,5-6,17H2/t23-,24-,25+/m0/s1. The fourth-order valence-electron chi connectivity index (χ4n) is 4.68. The summed E-state index contributed by atoms with van der Waals surface area (Å²) >= 11 is 0. The number of aliphatic hydroxyl groups is 1. The first-order valence-corrected chi connectivity index (χ1v) is 10.8. The summed E-state index contributed by atoms with van der Waals surface area (Å²) in [7, 11) is 0. The van der Waals surface area contributed by atoms with Crippen LogP contribution in [0.1, 0.15) is 59.5 Å². The Kier molecular flexibility index (Phi) is 6.35. The highest BCUT2D eigenvalue weighted by Gasteiger charge is 2.51. The highest BCUT2D eigenvalue weighted by molar-refractivity contribution is 5.95. The van der Waals surface area contributed by atoms with Gasteiger partial charge in [0.1, 0.15) is 11.9 Å². The summed E-state index contributed by atoms with van der Waals surface area (Å²) < 4.78 is 13.5. The van der Waals surface area contributed by atoms with E-state index < -0.39 is 23.8 Å². The maximum atomic E-state index is 13.5. The van der Waals surface area contributed by atoms with Crippen LogP contribution in [0.25, 0.3) is 0 Å². The van der Waals surface area contributed by atoms with Crippen LogP contribution in [0.4, 0.5) is 4.39 Å². The molecule has 158 valence electrons. The highest BCUT2D eigenvalue weighted by atomic mass is 19.1. The first-order chi connectivity index (χ1) is 15.1. The van der Waals surface area contributed by atoms with Gasteiger partial charge >= 0.3 is 0 Å². The van der Waals surface area contributed by atoms with Crippen LogP contribution in [0.15, 0.2) is 48.5 Å². The van der Waals surface area contributed by atoms with Crippen LogP contribution < -0.4 is 0 Å². The Balaban J connectivity index is 1.51. The summed E-state index contributed by atoms with van der Waals surface area (Å²) in [5, 5.41) is 19.6. The van der Waals surface area contributed by atoms with Crippen molar-refractivity contribution in [1.29, 1.82) is 5.26 Å². The van der Waals surface area contributed by atoms with Crippen LogP contribution in [0.3, 0.4) is 0 Å². The summed E-state index contributed by atoms with van der Waals surface area (Å²) in [5.74, 6) is 5.85. The second-order valence-electron chi connectivity index (χ2n) is 8.30. The van der Waals surface area contributed by atoms with Crippen molar-refractivity contribution in [2.75, 3.05) is 6.61 Å². The van der Waals surface area contributed by atoms with Crippen molar-refractivity contribution in [1.82, 2.24) is 4.90 Å². The Morgan fingerprint density at radius 2 is 1.87 bits per heavy atom. The van der Waals surface area contributed by atoms with Crippen molar-refractivity contribution < 1.29 is 14.3 Å². The molecule has 4 nitrogen and oxygen atoms in total. The molecule has 0 radical (unpaired) electrons. The maximum Gasteiger partial charge on any atom is 0.255 e. The molecule has 1 aliphatic carbocycles. The lowest BCUT2D eigenvalue weighted by atomic mass is 9.75. The summed E-state index contributed by atoms with van der Waals surface area (Å²) in [5.41, 5.74) is 1.98. The molecule has 1 saturated carbocycles. The van der Waals surface area contributed by atoms with Crippen molar-refractivity contribution in [3.8, 4) is 17.9 Å². The third-order valence-electron chi connectivity index (χ3n) is 6.36. The normalized spacial score (nSPS) is 23.3. The lowest BCUT2D eigenvalue weighted by Crippen LogP contribution is -2.65. The Morgan fingerprint density at radius 3 is 2.52 bits per heavy atom. The van der Waals surface area contributed by atoms with E-state index in [9.17, 15) is 19.6 Å². The predicted molar refractivity (Wildman–Crippen MR) is 115 cm³/mol. The van der Waals surface area contributed by atoms with E-state index in [0.29, 0.717) is 5.92 Å². The van der Waals surface area contributed by atoms with Gasteiger partial charge in [-0.25, -0.2) is 4.39 Å². The minimum atomic E-state index is -0.716. The van der Waals surface area contributed by atoms with Gasteiger partial charge in [-0.3, -0.25) is 4.79 Å². The van der Waals surface area contributed by atoms with Crippen LogP contribution in [-0.4, -0.2) is 34.6 Å². The van der Waals surface area contributed by atoms with Gasteiger partial charge in [-0.05, 0) is 48.7 Å². The van der Waals surface area contributed by atoms with E-state index in [1.807, 2.05) is 24.3 Å². The second-order valence-corrected chi connectivity index (χ2v) is 8.30. The topological polar surface area (TPSA) is 64.3 Å². The molecule has 1 saturated heterocycles. The summed E-state index contributed by atoms with van der Waals surface area (Å²) in [6.07, 6.45) is 6.15. The van der Waals surface area contributed by atoms with Gasteiger partial charge in [0.15, 0.2) is 0 Å². The van der Waals surface area contributed by atoms with Gasteiger partial charge in [-0.15, -0.1) is 0 Å². The minimum Gasteiger partial charge on any atom is -0.394 e. The lowest BCUT2D eigenvalue weighted by molar-refractivity contribution is -0.00588. The zero-order valence-corrected chi connectivity index (χ0v) is 17.3. The SMILES string of the molecule is N#C[C@H]1[C@@H](c2ccc(C#CC3CCCCC3)cc2)[C@H](CO)N1C(=O)c1cccc(F)c1. The smallest absolute Gasteiger partial charge is 0.255 e. The van der Waals surface area contributed by atoms with Crippen LogP contribution in [-0.2, 0) is 0 Å². The molecule has 1 N–H and O–H groups in total. The molecule has 0 unspecified atom stereocenters. The van der Waals surface area contributed by atoms with E-state index in [-0.39, 0.29) is 18.1 Å². The Hall–Kier alpha value is -3.15. The number of nitrogens with zero attached hydrogens (tertiary/aromatic N) is 2. The first kappa shape index (κ1) is 21.1. The average Bonchev–Trinajstić information content (AvgIpc) is 2.79. The van der Waals surface area contributed by atoms with Crippen molar-refractivity contribution >= 4 is 5.91 Å². The van der Waals surface area contributed by atoms with Crippen LogP contribution in [0.2, 0.25) is 0 Å². The van der Waals surface area contributed by atoms with Crippen molar-refractivity contribution in [3.63, 3.8) is 0 Å². The van der Waals surface area contributed by atoms with Gasteiger partial charge in [0.05, 0.1) is 18.7 Å². The second kappa shape index (κ2) is 9.33. The number of aliphatic hydroxyl groups excluding tert-OH is 1. The Labute approximate surface area is 182 Å².